The van der Waals surface area contributed by atoms with Gasteiger partial charge in [-0.05, 0) is 30.2 Å². The smallest absolute Gasteiger partial charge is 0.0948 e. The first-order valence-electron chi connectivity index (χ1n) is 12.7. The summed E-state index contributed by atoms with van der Waals surface area (Å²) in [4.78, 5) is 4.34. The van der Waals surface area contributed by atoms with E-state index in [1.165, 1.54) is 89.0 Å². The first kappa shape index (κ1) is 24.7. The van der Waals surface area contributed by atoms with Crippen LogP contribution in [0.5, 0.6) is 0 Å². The molecule has 0 saturated carbocycles. The maximum atomic E-state index is 4.34. The van der Waals surface area contributed by atoms with Gasteiger partial charge >= 0.3 is 0 Å². The largest absolute Gasteiger partial charge is 0.334 e. The highest BCUT2D eigenvalue weighted by molar-refractivity contribution is 5.15. The molecule has 0 amide bonds. The van der Waals surface area contributed by atoms with E-state index in [0.29, 0.717) is 17.9 Å². The second-order valence-electron chi connectivity index (χ2n) is 9.52. The number of hydrogen-bond donors (Lipinski definition) is 0. The van der Waals surface area contributed by atoms with Crippen molar-refractivity contribution in [2.75, 3.05) is 0 Å². The Labute approximate surface area is 186 Å². The van der Waals surface area contributed by atoms with Crippen molar-refractivity contribution in [1.29, 1.82) is 0 Å². The van der Waals surface area contributed by atoms with Crippen molar-refractivity contribution in [3.8, 4) is 0 Å². The molecule has 0 bridgehead atoms. The average molecular weight is 411 g/mol. The summed E-state index contributed by atoms with van der Waals surface area (Å²) in [6, 6.07) is 11.6. The lowest BCUT2D eigenvalue weighted by Crippen LogP contribution is -2.25. The Kier molecular flexibility index (Phi) is 12.6. The highest BCUT2D eigenvalue weighted by Gasteiger charge is 2.25. The fourth-order valence-corrected chi connectivity index (χ4v) is 4.96. The summed E-state index contributed by atoms with van der Waals surface area (Å²) in [5.74, 6) is 1.28. The van der Waals surface area contributed by atoms with Crippen LogP contribution in [0.4, 0.5) is 0 Å². The van der Waals surface area contributed by atoms with Crippen molar-refractivity contribution >= 4 is 0 Å². The average Bonchev–Trinajstić information content (AvgIpc) is 3.26. The van der Waals surface area contributed by atoms with Crippen LogP contribution in [0.1, 0.15) is 109 Å². The molecular formula is C28H46N2. The van der Waals surface area contributed by atoms with Crippen LogP contribution in [0.25, 0.3) is 0 Å². The molecule has 168 valence electrons. The lowest BCUT2D eigenvalue weighted by Gasteiger charge is -2.32. The minimum Gasteiger partial charge on any atom is -0.334 e. The number of benzene rings is 1. The number of unbranched alkanes of at least 4 members (excludes halogenated alkanes) is 10. The Morgan fingerprint density at radius 1 is 0.800 bits per heavy atom. The summed E-state index contributed by atoms with van der Waals surface area (Å²) in [6.45, 7) is 7.02. The third kappa shape index (κ3) is 9.49. The van der Waals surface area contributed by atoms with Crippen molar-refractivity contribution in [2.24, 2.45) is 11.8 Å². The molecule has 0 N–H and O–H groups in total. The Balaban J connectivity index is 1.76. The van der Waals surface area contributed by atoms with Gasteiger partial charge in [0.2, 0.25) is 0 Å². The zero-order valence-corrected chi connectivity index (χ0v) is 19.9. The molecule has 1 aromatic heterocycles. The van der Waals surface area contributed by atoms with E-state index in [2.05, 4.69) is 66.9 Å². The van der Waals surface area contributed by atoms with E-state index in [4.69, 9.17) is 0 Å². The van der Waals surface area contributed by atoms with Gasteiger partial charge < -0.3 is 4.57 Å². The lowest BCUT2D eigenvalue weighted by molar-refractivity contribution is 0.234. The van der Waals surface area contributed by atoms with Crippen molar-refractivity contribution in [3.05, 3.63) is 54.6 Å². The summed E-state index contributed by atoms with van der Waals surface area (Å²) in [5, 5.41) is 0. The molecule has 1 heterocycles. The van der Waals surface area contributed by atoms with Crippen molar-refractivity contribution in [1.82, 2.24) is 9.55 Å². The van der Waals surface area contributed by atoms with Gasteiger partial charge in [-0.2, -0.15) is 0 Å². The summed E-state index contributed by atoms with van der Waals surface area (Å²) in [5.41, 5.74) is 1.47. The Bertz CT molecular complexity index is 617. The Morgan fingerprint density at radius 3 is 1.93 bits per heavy atom. The molecule has 30 heavy (non-hydrogen) atoms. The Morgan fingerprint density at radius 2 is 1.40 bits per heavy atom. The van der Waals surface area contributed by atoms with E-state index in [-0.39, 0.29) is 0 Å². The molecule has 0 aliphatic heterocycles. The highest BCUT2D eigenvalue weighted by atomic mass is 15.1. The zero-order valence-electron chi connectivity index (χ0n) is 19.9. The van der Waals surface area contributed by atoms with E-state index in [0.717, 1.165) is 0 Å². The minimum atomic E-state index is 0.524. The van der Waals surface area contributed by atoms with Gasteiger partial charge in [0, 0.05) is 18.4 Å². The van der Waals surface area contributed by atoms with Gasteiger partial charge in [-0.3, -0.25) is 0 Å². The molecule has 2 nitrogen and oxygen atoms in total. The highest BCUT2D eigenvalue weighted by Crippen LogP contribution is 2.33. The van der Waals surface area contributed by atoms with Crippen LogP contribution in [-0.2, 0) is 6.42 Å². The molecule has 0 fully saturated rings. The van der Waals surface area contributed by atoms with Gasteiger partial charge in [0.25, 0.3) is 0 Å². The van der Waals surface area contributed by atoms with Crippen LogP contribution in [0, 0.1) is 11.8 Å². The van der Waals surface area contributed by atoms with Crippen LogP contribution >= 0.6 is 0 Å². The Hall–Kier alpha value is -1.57. The van der Waals surface area contributed by atoms with Crippen molar-refractivity contribution in [2.45, 2.75) is 110 Å². The first-order valence-corrected chi connectivity index (χ1v) is 12.7. The third-order valence-corrected chi connectivity index (χ3v) is 6.55. The van der Waals surface area contributed by atoms with E-state index < -0.39 is 0 Å². The quantitative estimate of drug-likeness (QED) is 0.239. The molecule has 2 rings (SSSR count). The fourth-order valence-electron chi connectivity index (χ4n) is 4.96. The molecule has 2 heteroatoms. The molecule has 2 unspecified atom stereocenters. The van der Waals surface area contributed by atoms with Crippen LogP contribution in [0.15, 0.2) is 49.1 Å². The molecular weight excluding hydrogens is 364 g/mol. The molecule has 0 radical (unpaired) electrons. The van der Waals surface area contributed by atoms with Crippen molar-refractivity contribution < 1.29 is 0 Å². The number of rotatable bonds is 17. The SMILES string of the molecule is CCCCCCCCCCCCCC(Cc1ccccc1)C(C(C)C)n1ccnc1. The van der Waals surface area contributed by atoms with Gasteiger partial charge in [0.1, 0.15) is 0 Å². The third-order valence-electron chi connectivity index (χ3n) is 6.55. The van der Waals surface area contributed by atoms with Gasteiger partial charge in [0.05, 0.1) is 6.33 Å². The number of imidazole rings is 1. The predicted molar refractivity (Wildman–Crippen MR) is 131 cm³/mol. The summed E-state index contributed by atoms with van der Waals surface area (Å²) >= 11 is 0. The number of hydrogen-bond acceptors (Lipinski definition) is 1. The molecule has 1 aromatic carbocycles. The molecule has 0 saturated heterocycles. The second kappa shape index (κ2) is 15.3. The summed E-state index contributed by atoms with van der Waals surface area (Å²) < 4.78 is 2.36. The number of nitrogens with zero attached hydrogens (tertiary/aromatic N) is 2. The van der Waals surface area contributed by atoms with Gasteiger partial charge in [-0.15, -0.1) is 0 Å². The predicted octanol–water partition coefficient (Wildman–Crippen LogP) is 8.64. The van der Waals surface area contributed by atoms with Gasteiger partial charge in [0.15, 0.2) is 0 Å². The first-order chi connectivity index (χ1) is 14.7. The van der Waals surface area contributed by atoms with Crippen LogP contribution in [-0.4, -0.2) is 9.55 Å². The monoisotopic (exact) mass is 410 g/mol. The van der Waals surface area contributed by atoms with Gasteiger partial charge in [-0.25, -0.2) is 4.98 Å². The minimum absolute atomic E-state index is 0.524. The molecule has 0 aliphatic carbocycles. The van der Waals surface area contributed by atoms with E-state index in [1.54, 1.807) is 0 Å². The normalized spacial score (nSPS) is 13.6. The molecule has 2 atom stereocenters. The maximum Gasteiger partial charge on any atom is 0.0948 e. The lowest BCUT2D eigenvalue weighted by atomic mass is 9.82. The van der Waals surface area contributed by atoms with Crippen LogP contribution in [0.3, 0.4) is 0 Å². The summed E-state index contributed by atoms with van der Waals surface area (Å²) in [7, 11) is 0. The van der Waals surface area contributed by atoms with E-state index in [1.807, 2.05) is 12.5 Å². The van der Waals surface area contributed by atoms with Crippen LogP contribution in [0.2, 0.25) is 0 Å². The van der Waals surface area contributed by atoms with E-state index in [9.17, 15) is 0 Å². The zero-order chi connectivity index (χ0) is 21.4. The standard InChI is InChI=1S/C28H46N2/c1-4-5-6-7-8-9-10-11-12-13-17-20-27(23-26-18-15-14-16-19-26)28(25(2)3)30-22-21-29-24-30/h14-16,18-19,21-22,24-25,27-28H,4-13,17,20,23H2,1-3H3. The van der Waals surface area contributed by atoms with Crippen molar-refractivity contribution in [3.63, 3.8) is 0 Å². The topological polar surface area (TPSA) is 17.8 Å². The van der Waals surface area contributed by atoms with E-state index >= 15 is 0 Å². The number of aromatic nitrogens is 2. The second-order valence-corrected chi connectivity index (χ2v) is 9.52. The van der Waals surface area contributed by atoms with Gasteiger partial charge in [-0.1, -0.05) is 122 Å². The fraction of sp³-hybridized carbons (Fsp3) is 0.679. The molecule has 2 aromatic rings. The molecule has 0 spiro atoms. The molecule has 0 aliphatic rings. The maximum absolute atomic E-state index is 4.34. The summed E-state index contributed by atoms with van der Waals surface area (Å²) in [6.07, 6.45) is 24.1. The van der Waals surface area contributed by atoms with Crippen LogP contribution < -0.4 is 0 Å².